The van der Waals surface area contributed by atoms with Crippen LogP contribution in [0.2, 0.25) is 0 Å². The summed E-state index contributed by atoms with van der Waals surface area (Å²) >= 11 is 0. The van der Waals surface area contributed by atoms with Crippen molar-refractivity contribution in [2.75, 3.05) is 0 Å². The minimum atomic E-state index is -2.39. The summed E-state index contributed by atoms with van der Waals surface area (Å²) in [6.45, 7) is 0. The van der Waals surface area contributed by atoms with Crippen LogP contribution in [0.1, 0.15) is 12.8 Å². The van der Waals surface area contributed by atoms with Crippen molar-refractivity contribution in [1.82, 2.24) is 0 Å². The van der Waals surface area contributed by atoms with E-state index < -0.39 is 8.07 Å². The first-order chi connectivity index (χ1) is 12.3. The molecule has 0 radical (unpaired) electrons. The molecule has 0 unspecified atom stereocenters. The van der Waals surface area contributed by atoms with E-state index in [-0.39, 0.29) is 5.78 Å². The monoisotopic (exact) mass is 340 g/mol. The van der Waals surface area contributed by atoms with Crippen LogP contribution in [0.4, 0.5) is 0 Å². The highest BCUT2D eigenvalue weighted by molar-refractivity contribution is 7.16. The molecule has 0 bridgehead atoms. The average Bonchev–Trinajstić information content (AvgIpc) is 3.12. The Morgan fingerprint density at radius 1 is 0.560 bits per heavy atom. The van der Waals surface area contributed by atoms with E-state index in [1.807, 2.05) is 6.08 Å². The summed E-state index contributed by atoms with van der Waals surface area (Å²) in [4.78, 5) is 12.1. The number of hydrogen-bond acceptors (Lipinski definition) is 1. The van der Waals surface area contributed by atoms with Crippen molar-refractivity contribution in [2.45, 2.75) is 12.8 Å². The molecule has 4 rings (SSSR count). The molecule has 0 atom stereocenters. The van der Waals surface area contributed by atoms with Crippen molar-refractivity contribution in [3.8, 4) is 0 Å². The van der Waals surface area contributed by atoms with Crippen LogP contribution in [0.3, 0.4) is 0 Å². The highest BCUT2D eigenvalue weighted by Crippen LogP contribution is 2.26. The van der Waals surface area contributed by atoms with Gasteiger partial charge in [-0.15, -0.1) is 0 Å². The molecule has 0 heterocycles. The average molecular weight is 340 g/mol. The lowest BCUT2D eigenvalue weighted by molar-refractivity contribution is -0.114. The third-order valence-electron chi connectivity index (χ3n) is 5.08. The lowest BCUT2D eigenvalue weighted by Gasteiger charge is -2.35. The summed E-state index contributed by atoms with van der Waals surface area (Å²) in [6.07, 6.45) is 3.43. The van der Waals surface area contributed by atoms with Gasteiger partial charge >= 0.3 is 0 Å². The molecule has 0 aliphatic heterocycles. The summed E-state index contributed by atoms with van der Waals surface area (Å²) in [6, 6.07) is 32.2. The van der Waals surface area contributed by atoms with Crippen molar-refractivity contribution in [3.05, 3.63) is 102 Å². The van der Waals surface area contributed by atoms with Crippen LogP contribution in [0.5, 0.6) is 0 Å². The van der Waals surface area contributed by atoms with Gasteiger partial charge in [-0.3, -0.25) is 4.79 Å². The Kier molecular flexibility index (Phi) is 4.20. The Bertz CT molecular complexity index is 802. The highest BCUT2D eigenvalue weighted by atomic mass is 28.3. The third-order valence-corrected chi connectivity index (χ3v) is 10.0. The smallest absolute Gasteiger partial charge is 0.175 e. The van der Waals surface area contributed by atoms with Crippen LogP contribution in [-0.4, -0.2) is 13.9 Å². The minimum Gasteiger partial charge on any atom is -0.295 e. The molecule has 0 saturated carbocycles. The van der Waals surface area contributed by atoms with Gasteiger partial charge in [0, 0.05) is 6.42 Å². The molecule has 0 saturated heterocycles. The van der Waals surface area contributed by atoms with Crippen molar-refractivity contribution in [3.63, 3.8) is 0 Å². The number of carbonyl (C=O) groups is 1. The van der Waals surface area contributed by atoms with Crippen molar-refractivity contribution < 1.29 is 4.79 Å². The van der Waals surface area contributed by atoms with E-state index >= 15 is 0 Å². The zero-order valence-electron chi connectivity index (χ0n) is 14.1. The molecule has 1 aliphatic carbocycles. The zero-order chi connectivity index (χ0) is 17.1. The highest BCUT2D eigenvalue weighted by Gasteiger charge is 2.44. The quantitative estimate of drug-likeness (QED) is 0.527. The second kappa shape index (κ2) is 6.65. The Morgan fingerprint density at radius 3 is 1.28 bits per heavy atom. The van der Waals surface area contributed by atoms with E-state index in [4.69, 9.17) is 0 Å². The molecule has 0 N–H and O–H groups in total. The van der Waals surface area contributed by atoms with Gasteiger partial charge in [0.1, 0.15) is 0 Å². The maximum absolute atomic E-state index is 12.1. The van der Waals surface area contributed by atoms with Gasteiger partial charge in [-0.25, -0.2) is 0 Å². The van der Waals surface area contributed by atoms with Crippen LogP contribution in [0.15, 0.2) is 102 Å². The summed E-state index contributed by atoms with van der Waals surface area (Å²) in [7, 11) is -2.39. The summed E-state index contributed by atoms with van der Waals surface area (Å²) in [5.74, 6) is 0.259. The summed E-state index contributed by atoms with van der Waals surface area (Å²) in [5, 5.41) is 5.34. The van der Waals surface area contributed by atoms with Gasteiger partial charge in [-0.05, 0) is 28.1 Å². The maximum atomic E-state index is 12.1. The second-order valence-electron chi connectivity index (χ2n) is 6.48. The number of rotatable bonds is 4. The van der Waals surface area contributed by atoms with Crippen molar-refractivity contribution in [1.29, 1.82) is 0 Å². The minimum absolute atomic E-state index is 0.259. The lowest BCUT2D eigenvalue weighted by Crippen LogP contribution is -2.68. The fourth-order valence-corrected chi connectivity index (χ4v) is 9.08. The SMILES string of the molecule is O=C1C=C([Si](c2ccccc2)(c2ccccc2)c2ccccc2)CC1. The normalized spacial score (nSPS) is 14.4. The number of ketones is 1. The predicted molar refractivity (Wildman–Crippen MR) is 106 cm³/mol. The van der Waals surface area contributed by atoms with Crippen molar-refractivity contribution in [2.24, 2.45) is 0 Å². The molecular weight excluding hydrogens is 320 g/mol. The fourth-order valence-electron chi connectivity index (χ4n) is 4.01. The summed E-state index contributed by atoms with van der Waals surface area (Å²) < 4.78 is 0. The van der Waals surface area contributed by atoms with Crippen LogP contribution in [0, 0.1) is 0 Å². The molecular formula is C23H20OSi. The fraction of sp³-hybridized carbons (Fsp3) is 0.0870. The van der Waals surface area contributed by atoms with Gasteiger partial charge in [0.15, 0.2) is 13.9 Å². The molecule has 0 amide bonds. The third kappa shape index (κ3) is 2.69. The van der Waals surface area contributed by atoms with Gasteiger partial charge in [0.05, 0.1) is 0 Å². The zero-order valence-corrected chi connectivity index (χ0v) is 15.1. The van der Waals surface area contributed by atoms with Crippen LogP contribution >= 0.6 is 0 Å². The molecule has 0 fully saturated rings. The molecule has 25 heavy (non-hydrogen) atoms. The van der Waals surface area contributed by atoms with Crippen LogP contribution in [0.25, 0.3) is 0 Å². The van der Waals surface area contributed by atoms with Gasteiger partial charge in [-0.1, -0.05) is 96.2 Å². The van der Waals surface area contributed by atoms with Gasteiger partial charge < -0.3 is 0 Å². The molecule has 3 aromatic rings. The molecule has 3 aromatic carbocycles. The molecule has 1 nitrogen and oxygen atoms in total. The van der Waals surface area contributed by atoms with Gasteiger partial charge in [0.25, 0.3) is 0 Å². The summed E-state index contributed by atoms with van der Waals surface area (Å²) in [5.41, 5.74) is 0. The van der Waals surface area contributed by atoms with Crippen LogP contribution in [-0.2, 0) is 4.79 Å². The molecule has 1 aliphatic rings. The topological polar surface area (TPSA) is 17.1 Å². The Labute approximate surface area is 149 Å². The van der Waals surface area contributed by atoms with Crippen LogP contribution < -0.4 is 15.6 Å². The number of allylic oxidation sites excluding steroid dienone is 2. The Hall–Kier alpha value is -2.71. The Morgan fingerprint density at radius 2 is 0.960 bits per heavy atom. The van der Waals surface area contributed by atoms with E-state index in [0.717, 1.165) is 6.42 Å². The van der Waals surface area contributed by atoms with Crippen molar-refractivity contribution >= 4 is 29.4 Å². The number of carbonyl (C=O) groups excluding carboxylic acids is 1. The van der Waals surface area contributed by atoms with E-state index in [1.165, 1.54) is 20.8 Å². The second-order valence-corrected chi connectivity index (χ2v) is 10.4. The van der Waals surface area contributed by atoms with E-state index in [0.29, 0.717) is 6.42 Å². The predicted octanol–water partition coefficient (Wildman–Crippen LogP) is 2.99. The molecule has 2 heteroatoms. The Balaban J connectivity index is 2.09. The molecule has 0 spiro atoms. The van der Waals surface area contributed by atoms with Gasteiger partial charge in [0.2, 0.25) is 0 Å². The van der Waals surface area contributed by atoms with Gasteiger partial charge in [-0.2, -0.15) is 0 Å². The molecule has 0 aromatic heterocycles. The molecule has 122 valence electrons. The number of benzene rings is 3. The van der Waals surface area contributed by atoms with E-state index in [2.05, 4.69) is 91.0 Å². The standard InChI is InChI=1S/C23H20OSi/c24-19-16-17-23(18-19)25(20-10-4-1-5-11-20,21-12-6-2-7-13-21)22-14-8-3-9-15-22/h1-15,18H,16-17H2. The van der Waals surface area contributed by atoms with E-state index in [1.54, 1.807) is 0 Å². The maximum Gasteiger partial charge on any atom is 0.175 e. The lowest BCUT2D eigenvalue weighted by atomic mass is 10.3. The first kappa shape index (κ1) is 15.8. The van der Waals surface area contributed by atoms with E-state index in [9.17, 15) is 4.79 Å². The first-order valence-corrected chi connectivity index (χ1v) is 10.7. The largest absolute Gasteiger partial charge is 0.295 e. The number of hydrogen-bond donors (Lipinski definition) is 0. The first-order valence-electron chi connectivity index (χ1n) is 8.72.